The number of benzene rings is 2. The Labute approximate surface area is 184 Å². The molecule has 0 atom stereocenters. The van der Waals surface area contributed by atoms with E-state index in [-0.39, 0.29) is 16.9 Å². The number of carbonyl (C=O) groups excluding carboxylic acids is 2. The van der Waals surface area contributed by atoms with Gasteiger partial charge in [0.25, 0.3) is 11.8 Å². The van der Waals surface area contributed by atoms with Crippen molar-refractivity contribution in [1.82, 2.24) is 10.6 Å². The normalized spacial score (nSPS) is 10.4. The summed E-state index contributed by atoms with van der Waals surface area (Å²) in [5.41, 5.74) is 1.58. The van der Waals surface area contributed by atoms with Gasteiger partial charge in [-0.25, -0.2) is 0 Å². The molecule has 2 rings (SSSR count). The van der Waals surface area contributed by atoms with Gasteiger partial charge in [0.1, 0.15) is 5.75 Å². The Kier molecular flexibility index (Phi) is 8.60. The molecule has 0 saturated carbocycles. The average molecular weight is 478 g/mol. The maximum absolute atomic E-state index is 12.7. The van der Waals surface area contributed by atoms with E-state index in [0.29, 0.717) is 35.1 Å². The molecule has 0 saturated heterocycles. The van der Waals surface area contributed by atoms with E-state index >= 15 is 0 Å². The van der Waals surface area contributed by atoms with Gasteiger partial charge in [-0.05, 0) is 67.0 Å². The third-order valence-electron chi connectivity index (χ3n) is 4.00. The summed E-state index contributed by atoms with van der Waals surface area (Å²) in [5, 5.41) is 8.30. The van der Waals surface area contributed by atoms with Crippen molar-refractivity contribution in [2.75, 3.05) is 19.0 Å². The number of anilines is 1. The van der Waals surface area contributed by atoms with Crippen LogP contribution in [0.1, 0.15) is 41.0 Å². The Morgan fingerprint density at radius 3 is 2.41 bits per heavy atom. The fourth-order valence-corrected chi connectivity index (χ4v) is 2.96. The number of ether oxygens (including phenoxy) is 1. The van der Waals surface area contributed by atoms with Gasteiger partial charge in [-0.2, -0.15) is 0 Å². The van der Waals surface area contributed by atoms with Gasteiger partial charge in [0.15, 0.2) is 5.11 Å². The second kappa shape index (κ2) is 10.9. The van der Waals surface area contributed by atoms with Crippen LogP contribution in [0.4, 0.5) is 5.69 Å². The van der Waals surface area contributed by atoms with Crippen molar-refractivity contribution in [3.05, 3.63) is 58.1 Å². The summed E-state index contributed by atoms with van der Waals surface area (Å²) in [6.45, 7) is 4.76. The minimum absolute atomic E-state index is 0.149. The number of carbonyl (C=O) groups is 2. The Bertz CT molecular complexity index is 885. The molecule has 0 aliphatic rings. The maximum Gasteiger partial charge on any atom is 0.261 e. The van der Waals surface area contributed by atoms with Crippen molar-refractivity contribution in [1.29, 1.82) is 0 Å². The number of thiocarbonyl (C=S) groups is 1. The van der Waals surface area contributed by atoms with Gasteiger partial charge in [0, 0.05) is 22.8 Å². The van der Waals surface area contributed by atoms with E-state index in [1.54, 1.807) is 43.4 Å². The van der Waals surface area contributed by atoms with Crippen LogP contribution in [-0.2, 0) is 0 Å². The number of amides is 2. The Morgan fingerprint density at radius 1 is 1.10 bits per heavy atom. The van der Waals surface area contributed by atoms with E-state index < -0.39 is 0 Å². The lowest BCUT2D eigenvalue weighted by Gasteiger charge is -2.14. The standard InChI is InChI=1S/C21H24BrN3O3S/c1-13(2)10-11-28-18-9-6-15(22)12-17(18)20(27)25-21(29)24-16-7-4-14(5-8-16)19(26)23-3/h4-9,12-13H,10-11H2,1-3H3,(H,23,26)(H2,24,25,27,29). The van der Waals surface area contributed by atoms with Crippen molar-refractivity contribution in [3.8, 4) is 5.75 Å². The first-order valence-corrected chi connectivity index (χ1v) is 10.4. The number of nitrogens with one attached hydrogen (secondary N) is 3. The van der Waals surface area contributed by atoms with E-state index in [1.165, 1.54) is 0 Å². The third-order valence-corrected chi connectivity index (χ3v) is 4.70. The quantitative estimate of drug-likeness (QED) is 0.516. The molecular weight excluding hydrogens is 454 g/mol. The van der Waals surface area contributed by atoms with Gasteiger partial charge in [0.2, 0.25) is 0 Å². The second-order valence-corrected chi connectivity index (χ2v) is 8.06. The fraction of sp³-hybridized carbons (Fsp3) is 0.286. The van der Waals surface area contributed by atoms with Crippen molar-refractivity contribution in [2.24, 2.45) is 5.92 Å². The molecule has 0 heterocycles. The molecule has 0 radical (unpaired) electrons. The molecular formula is C21H24BrN3O3S. The van der Waals surface area contributed by atoms with Crippen molar-refractivity contribution >= 4 is 50.8 Å². The Balaban J connectivity index is 2.02. The lowest BCUT2D eigenvalue weighted by Crippen LogP contribution is -2.34. The van der Waals surface area contributed by atoms with Crippen molar-refractivity contribution < 1.29 is 14.3 Å². The van der Waals surface area contributed by atoms with Crippen LogP contribution in [0.15, 0.2) is 46.9 Å². The molecule has 0 fully saturated rings. The lowest BCUT2D eigenvalue weighted by molar-refractivity contribution is 0.0958. The average Bonchev–Trinajstić information content (AvgIpc) is 2.68. The van der Waals surface area contributed by atoms with E-state index in [1.807, 2.05) is 6.07 Å². The molecule has 8 heteroatoms. The van der Waals surface area contributed by atoms with Gasteiger partial charge in [-0.3, -0.25) is 14.9 Å². The van der Waals surface area contributed by atoms with Crippen molar-refractivity contribution in [3.63, 3.8) is 0 Å². The molecule has 0 unspecified atom stereocenters. The van der Waals surface area contributed by atoms with Crippen LogP contribution in [0.25, 0.3) is 0 Å². The molecule has 3 N–H and O–H groups in total. The lowest BCUT2D eigenvalue weighted by atomic mass is 10.1. The molecule has 2 amide bonds. The van der Waals surface area contributed by atoms with Crippen LogP contribution in [0.5, 0.6) is 5.75 Å². The molecule has 0 aliphatic heterocycles. The van der Waals surface area contributed by atoms with E-state index in [2.05, 4.69) is 45.7 Å². The smallest absolute Gasteiger partial charge is 0.261 e. The molecule has 29 heavy (non-hydrogen) atoms. The van der Waals surface area contributed by atoms with Crippen LogP contribution >= 0.6 is 28.1 Å². The highest BCUT2D eigenvalue weighted by atomic mass is 79.9. The van der Waals surface area contributed by atoms with Gasteiger partial charge in [-0.15, -0.1) is 0 Å². The Morgan fingerprint density at radius 2 is 1.79 bits per heavy atom. The molecule has 154 valence electrons. The van der Waals surface area contributed by atoms with E-state index in [9.17, 15) is 9.59 Å². The SMILES string of the molecule is CNC(=O)c1ccc(NC(=S)NC(=O)c2cc(Br)ccc2OCCC(C)C)cc1. The third kappa shape index (κ3) is 7.14. The minimum atomic E-state index is -0.370. The zero-order valence-corrected chi connectivity index (χ0v) is 18.9. The summed E-state index contributed by atoms with van der Waals surface area (Å²) in [5.74, 6) is 0.468. The number of hydrogen-bond donors (Lipinski definition) is 3. The topological polar surface area (TPSA) is 79.5 Å². The summed E-state index contributed by atoms with van der Waals surface area (Å²) in [6.07, 6.45) is 0.892. The first-order chi connectivity index (χ1) is 13.8. The number of hydrogen-bond acceptors (Lipinski definition) is 4. The number of halogens is 1. The van der Waals surface area contributed by atoms with Gasteiger partial charge < -0.3 is 15.4 Å². The highest BCUT2D eigenvalue weighted by Gasteiger charge is 2.15. The monoisotopic (exact) mass is 477 g/mol. The van der Waals surface area contributed by atoms with Crippen LogP contribution in [0, 0.1) is 5.92 Å². The van der Waals surface area contributed by atoms with E-state index in [4.69, 9.17) is 17.0 Å². The van der Waals surface area contributed by atoms with Crippen molar-refractivity contribution in [2.45, 2.75) is 20.3 Å². The minimum Gasteiger partial charge on any atom is -0.493 e. The molecule has 0 aliphatic carbocycles. The summed E-state index contributed by atoms with van der Waals surface area (Å²) < 4.78 is 6.55. The molecule has 0 aromatic heterocycles. The summed E-state index contributed by atoms with van der Waals surface area (Å²) >= 11 is 8.63. The number of rotatable bonds is 7. The maximum atomic E-state index is 12.7. The van der Waals surface area contributed by atoms with Crippen LogP contribution in [0.3, 0.4) is 0 Å². The molecule has 0 bridgehead atoms. The van der Waals surface area contributed by atoms with Crippen LogP contribution in [0.2, 0.25) is 0 Å². The van der Waals surface area contributed by atoms with Crippen LogP contribution < -0.4 is 20.7 Å². The summed E-state index contributed by atoms with van der Waals surface area (Å²) in [6, 6.07) is 12.0. The second-order valence-electron chi connectivity index (χ2n) is 6.74. The highest BCUT2D eigenvalue weighted by Crippen LogP contribution is 2.24. The summed E-state index contributed by atoms with van der Waals surface area (Å²) in [7, 11) is 1.57. The predicted molar refractivity (Wildman–Crippen MR) is 123 cm³/mol. The zero-order chi connectivity index (χ0) is 21.4. The van der Waals surface area contributed by atoms with Gasteiger partial charge in [0.05, 0.1) is 12.2 Å². The zero-order valence-electron chi connectivity index (χ0n) is 16.5. The largest absolute Gasteiger partial charge is 0.493 e. The molecule has 6 nitrogen and oxygen atoms in total. The fourth-order valence-electron chi connectivity index (χ4n) is 2.39. The molecule has 2 aromatic carbocycles. The summed E-state index contributed by atoms with van der Waals surface area (Å²) in [4.78, 5) is 24.3. The van der Waals surface area contributed by atoms with Gasteiger partial charge >= 0.3 is 0 Å². The molecule has 2 aromatic rings. The van der Waals surface area contributed by atoms with Gasteiger partial charge in [-0.1, -0.05) is 29.8 Å². The van der Waals surface area contributed by atoms with E-state index in [0.717, 1.165) is 10.9 Å². The van der Waals surface area contributed by atoms with Crippen LogP contribution in [-0.4, -0.2) is 30.6 Å². The first kappa shape index (κ1) is 22.8. The Hall–Kier alpha value is -2.45. The predicted octanol–water partition coefficient (Wildman–Crippen LogP) is 4.36. The molecule has 0 spiro atoms. The first-order valence-electron chi connectivity index (χ1n) is 9.17. The highest BCUT2D eigenvalue weighted by molar-refractivity contribution is 9.10.